The fraction of sp³-hybridized carbons (Fsp3) is 0.533. The summed E-state index contributed by atoms with van der Waals surface area (Å²) >= 11 is 0. The molecule has 22 heavy (non-hydrogen) atoms. The number of hydrogen-bond donors (Lipinski definition) is 1. The molecule has 1 aliphatic rings. The molecule has 0 amide bonds. The van der Waals surface area contributed by atoms with Crippen LogP contribution in [0.5, 0.6) is 11.5 Å². The van der Waals surface area contributed by atoms with E-state index in [0.29, 0.717) is 5.46 Å². The quantitative estimate of drug-likeness (QED) is 0.854. The van der Waals surface area contributed by atoms with Crippen molar-refractivity contribution in [2.75, 3.05) is 14.2 Å². The number of aromatic carboxylic acids is 1. The number of carboxylic acid groups (broad SMARTS) is 1. The molecule has 1 fully saturated rings. The van der Waals surface area contributed by atoms with E-state index in [4.69, 9.17) is 18.8 Å². The zero-order valence-corrected chi connectivity index (χ0v) is 13.7. The molecule has 1 aliphatic heterocycles. The third-order valence-electron chi connectivity index (χ3n) is 4.27. The van der Waals surface area contributed by atoms with Crippen LogP contribution in [0.4, 0.5) is 0 Å². The summed E-state index contributed by atoms with van der Waals surface area (Å²) in [5, 5.41) is 9.31. The second kappa shape index (κ2) is 5.48. The maximum absolute atomic E-state index is 11.4. The van der Waals surface area contributed by atoms with Crippen molar-refractivity contribution in [3.05, 3.63) is 17.7 Å². The Morgan fingerprint density at radius 1 is 1.05 bits per heavy atom. The van der Waals surface area contributed by atoms with Crippen molar-refractivity contribution < 1.29 is 28.7 Å². The summed E-state index contributed by atoms with van der Waals surface area (Å²) in [6.07, 6.45) is 0. The van der Waals surface area contributed by atoms with Gasteiger partial charge in [-0.2, -0.15) is 0 Å². The molecule has 0 bridgehead atoms. The summed E-state index contributed by atoms with van der Waals surface area (Å²) < 4.78 is 22.3. The first-order valence-electron chi connectivity index (χ1n) is 6.98. The first-order chi connectivity index (χ1) is 10.1. The summed E-state index contributed by atoms with van der Waals surface area (Å²) in [7, 11) is 2.21. The molecule has 0 atom stereocenters. The minimum atomic E-state index is -1.12. The predicted octanol–water partition coefficient (Wildman–Crippen LogP) is 1.70. The fourth-order valence-corrected chi connectivity index (χ4v) is 2.26. The smallest absolute Gasteiger partial charge is 0.495 e. The van der Waals surface area contributed by atoms with Gasteiger partial charge in [0, 0.05) is 0 Å². The second-order valence-corrected chi connectivity index (χ2v) is 6.19. The van der Waals surface area contributed by atoms with Gasteiger partial charge in [-0.05, 0) is 45.3 Å². The predicted molar refractivity (Wildman–Crippen MR) is 82.2 cm³/mol. The number of hydrogen-bond acceptors (Lipinski definition) is 5. The molecule has 0 aromatic heterocycles. The van der Waals surface area contributed by atoms with Crippen molar-refractivity contribution in [3.63, 3.8) is 0 Å². The SMILES string of the molecule is COc1cc(B2OC(C)(C)C(C)(C)O2)cc(OC)c1C(=O)O. The molecule has 1 aromatic carbocycles. The van der Waals surface area contributed by atoms with Crippen LogP contribution >= 0.6 is 0 Å². The van der Waals surface area contributed by atoms with Crippen molar-refractivity contribution in [1.29, 1.82) is 0 Å². The van der Waals surface area contributed by atoms with Gasteiger partial charge in [0.25, 0.3) is 0 Å². The number of carboxylic acids is 1. The molecule has 120 valence electrons. The minimum absolute atomic E-state index is 0.0229. The third kappa shape index (κ3) is 2.66. The molecular weight excluding hydrogens is 287 g/mol. The normalized spacial score (nSPS) is 19.1. The van der Waals surface area contributed by atoms with E-state index in [2.05, 4.69) is 0 Å². The number of carbonyl (C=O) groups is 1. The van der Waals surface area contributed by atoms with Crippen LogP contribution in [-0.2, 0) is 9.31 Å². The average molecular weight is 308 g/mol. The Kier molecular flexibility index (Phi) is 4.15. The van der Waals surface area contributed by atoms with Gasteiger partial charge in [-0.1, -0.05) is 0 Å². The highest BCUT2D eigenvalue weighted by atomic mass is 16.7. The van der Waals surface area contributed by atoms with E-state index in [1.54, 1.807) is 12.1 Å². The molecule has 1 N–H and O–H groups in total. The Labute approximate surface area is 130 Å². The molecule has 1 saturated heterocycles. The molecule has 0 spiro atoms. The van der Waals surface area contributed by atoms with E-state index < -0.39 is 24.3 Å². The second-order valence-electron chi connectivity index (χ2n) is 6.19. The lowest BCUT2D eigenvalue weighted by molar-refractivity contribution is 0.00578. The van der Waals surface area contributed by atoms with Gasteiger partial charge in [0.05, 0.1) is 25.4 Å². The number of ether oxygens (including phenoxy) is 2. The van der Waals surface area contributed by atoms with Crippen LogP contribution < -0.4 is 14.9 Å². The van der Waals surface area contributed by atoms with Crippen molar-refractivity contribution >= 4 is 18.6 Å². The Hall–Kier alpha value is -1.73. The average Bonchev–Trinajstić information content (AvgIpc) is 2.65. The van der Waals surface area contributed by atoms with Crippen molar-refractivity contribution in [2.24, 2.45) is 0 Å². The summed E-state index contributed by atoms with van der Waals surface area (Å²) in [6.45, 7) is 7.81. The lowest BCUT2D eigenvalue weighted by Crippen LogP contribution is -2.41. The molecule has 0 aliphatic carbocycles. The van der Waals surface area contributed by atoms with Crippen LogP contribution in [0.25, 0.3) is 0 Å². The topological polar surface area (TPSA) is 74.2 Å². The van der Waals surface area contributed by atoms with E-state index in [9.17, 15) is 9.90 Å². The maximum atomic E-state index is 11.4. The highest BCUT2D eigenvalue weighted by molar-refractivity contribution is 6.62. The first kappa shape index (κ1) is 16.6. The van der Waals surface area contributed by atoms with Gasteiger partial charge in [0.2, 0.25) is 0 Å². The van der Waals surface area contributed by atoms with Crippen molar-refractivity contribution in [2.45, 2.75) is 38.9 Å². The van der Waals surface area contributed by atoms with Crippen LogP contribution in [-0.4, -0.2) is 43.6 Å². The van der Waals surface area contributed by atoms with E-state index >= 15 is 0 Å². The van der Waals surface area contributed by atoms with Gasteiger partial charge in [0.15, 0.2) is 0 Å². The molecule has 6 nitrogen and oxygen atoms in total. The third-order valence-corrected chi connectivity index (χ3v) is 4.27. The van der Waals surface area contributed by atoms with E-state index in [0.717, 1.165) is 0 Å². The highest BCUT2D eigenvalue weighted by Gasteiger charge is 2.52. The molecule has 0 unspecified atom stereocenters. The Morgan fingerprint density at radius 2 is 1.45 bits per heavy atom. The van der Waals surface area contributed by atoms with Gasteiger partial charge in [-0.25, -0.2) is 4.79 Å². The number of rotatable bonds is 4. The van der Waals surface area contributed by atoms with E-state index in [1.165, 1.54) is 14.2 Å². The standard InChI is InChI=1S/C15H21BO6/c1-14(2)15(3,4)22-16(21-14)9-7-10(19-5)12(13(17)18)11(8-9)20-6/h7-8H,1-6H3,(H,17,18). The van der Waals surface area contributed by atoms with Crippen molar-refractivity contribution in [3.8, 4) is 11.5 Å². The van der Waals surface area contributed by atoms with Gasteiger partial charge >= 0.3 is 13.1 Å². The van der Waals surface area contributed by atoms with Gasteiger partial charge < -0.3 is 23.9 Å². The maximum Gasteiger partial charge on any atom is 0.495 e. The summed E-state index contributed by atoms with van der Waals surface area (Å²) in [6, 6.07) is 3.21. The summed E-state index contributed by atoms with van der Waals surface area (Å²) in [5.41, 5.74) is -0.338. The zero-order valence-electron chi connectivity index (χ0n) is 13.7. The molecule has 2 rings (SSSR count). The molecule has 0 radical (unpaired) electrons. The Bertz CT molecular complexity index is 555. The number of benzene rings is 1. The monoisotopic (exact) mass is 308 g/mol. The summed E-state index contributed by atoms with van der Waals surface area (Å²) in [4.78, 5) is 11.4. The fourth-order valence-electron chi connectivity index (χ4n) is 2.26. The Balaban J connectivity index is 2.48. The lowest BCUT2D eigenvalue weighted by atomic mass is 9.78. The molecule has 7 heteroatoms. The highest BCUT2D eigenvalue weighted by Crippen LogP contribution is 2.37. The van der Waals surface area contributed by atoms with Crippen molar-refractivity contribution in [1.82, 2.24) is 0 Å². The van der Waals surface area contributed by atoms with Crippen LogP contribution in [0.1, 0.15) is 38.1 Å². The van der Waals surface area contributed by atoms with Crippen LogP contribution in [0.15, 0.2) is 12.1 Å². The molecular formula is C15H21BO6. The summed E-state index contributed by atoms with van der Waals surface area (Å²) in [5.74, 6) is -0.706. The molecule has 1 aromatic rings. The largest absolute Gasteiger partial charge is 0.496 e. The van der Waals surface area contributed by atoms with E-state index in [-0.39, 0.29) is 17.1 Å². The molecule has 0 saturated carbocycles. The first-order valence-corrected chi connectivity index (χ1v) is 6.98. The van der Waals surface area contributed by atoms with Gasteiger partial charge in [0.1, 0.15) is 17.1 Å². The van der Waals surface area contributed by atoms with Crippen LogP contribution in [0, 0.1) is 0 Å². The zero-order chi connectivity index (χ0) is 16.7. The number of methoxy groups -OCH3 is 2. The Morgan fingerprint density at radius 3 is 1.77 bits per heavy atom. The van der Waals surface area contributed by atoms with E-state index in [1.807, 2.05) is 27.7 Å². The van der Waals surface area contributed by atoms with Gasteiger partial charge in [-0.15, -0.1) is 0 Å². The van der Waals surface area contributed by atoms with Crippen LogP contribution in [0.3, 0.4) is 0 Å². The molecule has 1 heterocycles. The van der Waals surface area contributed by atoms with Crippen LogP contribution in [0.2, 0.25) is 0 Å². The lowest BCUT2D eigenvalue weighted by Gasteiger charge is -2.32. The minimum Gasteiger partial charge on any atom is -0.496 e. The van der Waals surface area contributed by atoms with Gasteiger partial charge in [-0.3, -0.25) is 0 Å².